The fourth-order valence-corrected chi connectivity index (χ4v) is 3.27. The molecule has 0 fully saturated rings. The zero-order valence-electron chi connectivity index (χ0n) is 14.5. The Morgan fingerprint density at radius 3 is 1.92 bits per heavy atom. The predicted molar refractivity (Wildman–Crippen MR) is 97.1 cm³/mol. The van der Waals surface area contributed by atoms with Gasteiger partial charge in [-0.3, -0.25) is 14.4 Å². The first-order chi connectivity index (χ1) is 12.5. The molecule has 0 aliphatic carbocycles. The van der Waals surface area contributed by atoms with Crippen molar-refractivity contribution in [3.63, 3.8) is 0 Å². The Labute approximate surface area is 150 Å². The van der Waals surface area contributed by atoms with E-state index in [-0.39, 0.29) is 17.5 Å². The minimum atomic E-state index is -0.509. The molecule has 2 aromatic rings. The van der Waals surface area contributed by atoms with Gasteiger partial charge in [0.25, 0.3) is 17.7 Å². The molecule has 4 rings (SSSR count). The molecule has 3 amide bonds. The van der Waals surface area contributed by atoms with Crippen LogP contribution in [0.25, 0.3) is 0 Å². The molecule has 2 aromatic carbocycles. The van der Waals surface area contributed by atoms with Crippen LogP contribution < -0.4 is 4.90 Å². The van der Waals surface area contributed by atoms with Crippen molar-refractivity contribution in [2.24, 2.45) is 11.0 Å². The number of carbonyl (C=O) groups is 3. The van der Waals surface area contributed by atoms with Crippen molar-refractivity contribution in [1.29, 1.82) is 0 Å². The van der Waals surface area contributed by atoms with Gasteiger partial charge in [0, 0.05) is 12.1 Å². The molecule has 0 atom stereocenters. The summed E-state index contributed by atoms with van der Waals surface area (Å²) in [5.41, 5.74) is 2.12. The number of imide groups is 1. The van der Waals surface area contributed by atoms with Gasteiger partial charge in [-0.25, -0.2) is 0 Å². The lowest BCUT2D eigenvalue weighted by atomic mass is 10.1. The van der Waals surface area contributed by atoms with Crippen LogP contribution in [0, 0.1) is 5.92 Å². The number of amides is 3. The van der Waals surface area contributed by atoms with Crippen LogP contribution in [0.5, 0.6) is 0 Å². The normalized spacial score (nSPS) is 17.5. The Morgan fingerprint density at radius 2 is 1.35 bits per heavy atom. The second-order valence-corrected chi connectivity index (χ2v) is 6.74. The topological polar surface area (TPSA) is 70.1 Å². The molecule has 130 valence electrons. The molecule has 26 heavy (non-hydrogen) atoms. The van der Waals surface area contributed by atoms with Crippen molar-refractivity contribution >= 4 is 29.1 Å². The van der Waals surface area contributed by atoms with Gasteiger partial charge in [-0.2, -0.15) is 10.1 Å². The summed E-state index contributed by atoms with van der Waals surface area (Å²) in [4.78, 5) is 39.7. The molecule has 6 nitrogen and oxygen atoms in total. The van der Waals surface area contributed by atoms with Gasteiger partial charge in [0.05, 0.1) is 16.8 Å². The average molecular weight is 347 g/mol. The molecule has 0 N–H and O–H groups in total. The van der Waals surface area contributed by atoms with E-state index < -0.39 is 11.8 Å². The quantitative estimate of drug-likeness (QED) is 0.802. The fourth-order valence-electron chi connectivity index (χ4n) is 3.27. The highest BCUT2D eigenvalue weighted by Crippen LogP contribution is 2.31. The van der Waals surface area contributed by atoms with Crippen LogP contribution in [0.15, 0.2) is 53.6 Å². The number of benzene rings is 2. The van der Waals surface area contributed by atoms with Gasteiger partial charge in [0.15, 0.2) is 5.71 Å². The highest BCUT2D eigenvalue weighted by atomic mass is 16.2. The van der Waals surface area contributed by atoms with E-state index in [0.29, 0.717) is 23.2 Å². The molecule has 2 aliphatic rings. The second kappa shape index (κ2) is 5.91. The Bertz CT molecular complexity index is 943. The number of rotatable bonds is 3. The number of anilines is 1. The van der Waals surface area contributed by atoms with E-state index in [1.165, 1.54) is 0 Å². The van der Waals surface area contributed by atoms with Crippen LogP contribution in [0.1, 0.15) is 40.1 Å². The highest BCUT2D eigenvalue weighted by molar-refractivity contribution is 6.54. The van der Waals surface area contributed by atoms with E-state index in [1.807, 2.05) is 32.0 Å². The Balaban J connectivity index is 1.78. The van der Waals surface area contributed by atoms with Crippen molar-refractivity contribution in [2.45, 2.75) is 13.8 Å². The third-order valence-electron chi connectivity index (χ3n) is 4.42. The SMILES string of the molecule is CC(C)CN1C(=O)C(=NN2C(=O)c3ccccc3C2=O)c2ccccc21. The van der Waals surface area contributed by atoms with Crippen LogP contribution in [0.3, 0.4) is 0 Å². The molecule has 2 aliphatic heterocycles. The van der Waals surface area contributed by atoms with Gasteiger partial charge in [-0.15, -0.1) is 0 Å². The summed E-state index contributed by atoms with van der Waals surface area (Å²) in [6, 6.07) is 13.9. The molecule has 0 bridgehead atoms. The first-order valence-corrected chi connectivity index (χ1v) is 8.46. The van der Waals surface area contributed by atoms with Gasteiger partial charge in [0.2, 0.25) is 0 Å². The number of carbonyl (C=O) groups excluding carboxylic acids is 3. The molecule has 0 saturated carbocycles. The van der Waals surface area contributed by atoms with Gasteiger partial charge < -0.3 is 4.90 Å². The Morgan fingerprint density at radius 1 is 0.808 bits per heavy atom. The third-order valence-corrected chi connectivity index (χ3v) is 4.42. The highest BCUT2D eigenvalue weighted by Gasteiger charge is 2.39. The number of fused-ring (bicyclic) bond motifs is 2. The van der Waals surface area contributed by atoms with E-state index in [4.69, 9.17) is 0 Å². The van der Waals surface area contributed by atoms with Crippen LogP contribution >= 0.6 is 0 Å². The second-order valence-electron chi connectivity index (χ2n) is 6.74. The van der Waals surface area contributed by atoms with E-state index in [1.54, 1.807) is 35.2 Å². The monoisotopic (exact) mass is 347 g/mol. The van der Waals surface area contributed by atoms with Crippen molar-refractivity contribution in [2.75, 3.05) is 11.4 Å². The zero-order chi connectivity index (χ0) is 18.4. The first-order valence-electron chi connectivity index (χ1n) is 8.46. The molecule has 6 heteroatoms. The third kappa shape index (κ3) is 2.34. The van der Waals surface area contributed by atoms with E-state index in [0.717, 1.165) is 10.7 Å². The lowest BCUT2D eigenvalue weighted by Crippen LogP contribution is -2.35. The molecule has 0 aromatic heterocycles. The van der Waals surface area contributed by atoms with Crippen molar-refractivity contribution < 1.29 is 14.4 Å². The summed E-state index contributed by atoms with van der Waals surface area (Å²) in [7, 11) is 0. The zero-order valence-corrected chi connectivity index (χ0v) is 14.5. The summed E-state index contributed by atoms with van der Waals surface area (Å²) in [6.45, 7) is 4.58. The summed E-state index contributed by atoms with van der Waals surface area (Å²) in [6.07, 6.45) is 0. The van der Waals surface area contributed by atoms with E-state index in [9.17, 15) is 14.4 Å². The van der Waals surface area contributed by atoms with Crippen molar-refractivity contribution in [3.05, 3.63) is 65.2 Å². The number of hydrazone groups is 1. The van der Waals surface area contributed by atoms with Gasteiger partial charge >= 0.3 is 0 Å². The number of para-hydroxylation sites is 1. The summed E-state index contributed by atoms with van der Waals surface area (Å²) in [5, 5.41) is 4.99. The number of nitrogens with zero attached hydrogens (tertiary/aromatic N) is 3. The van der Waals surface area contributed by atoms with Crippen molar-refractivity contribution in [1.82, 2.24) is 5.01 Å². The van der Waals surface area contributed by atoms with E-state index in [2.05, 4.69) is 5.10 Å². The fraction of sp³-hybridized carbons (Fsp3) is 0.200. The summed E-state index contributed by atoms with van der Waals surface area (Å²) >= 11 is 0. The standard InChI is InChI=1S/C20H17N3O3/c1-12(2)11-22-16-10-6-5-9-15(16)17(20(22)26)21-23-18(24)13-7-3-4-8-14(13)19(23)25/h3-10,12H,11H2,1-2H3. The molecule has 0 unspecified atom stereocenters. The average Bonchev–Trinajstić information content (AvgIpc) is 3.03. The minimum Gasteiger partial charge on any atom is -0.306 e. The summed E-state index contributed by atoms with van der Waals surface area (Å²) in [5.74, 6) is -1.04. The van der Waals surface area contributed by atoms with Gasteiger partial charge in [0.1, 0.15) is 0 Å². The smallest absolute Gasteiger partial charge is 0.282 e. The van der Waals surface area contributed by atoms with E-state index >= 15 is 0 Å². The van der Waals surface area contributed by atoms with Crippen molar-refractivity contribution in [3.8, 4) is 0 Å². The van der Waals surface area contributed by atoms with Crippen LogP contribution in [0.4, 0.5) is 5.69 Å². The molecule has 2 heterocycles. The maximum absolute atomic E-state index is 12.9. The van der Waals surface area contributed by atoms with Crippen LogP contribution in [-0.4, -0.2) is 35.0 Å². The van der Waals surface area contributed by atoms with Gasteiger partial charge in [-0.1, -0.05) is 44.2 Å². The lowest BCUT2D eigenvalue weighted by Gasteiger charge is -2.18. The first kappa shape index (κ1) is 16.2. The number of hydrogen-bond acceptors (Lipinski definition) is 4. The maximum atomic E-state index is 12.9. The predicted octanol–water partition coefficient (Wildman–Crippen LogP) is 2.69. The largest absolute Gasteiger partial charge is 0.306 e. The minimum absolute atomic E-state index is 0.121. The van der Waals surface area contributed by atoms with Gasteiger partial charge in [-0.05, 0) is 24.1 Å². The van der Waals surface area contributed by atoms with Crippen LogP contribution in [0.2, 0.25) is 0 Å². The molecule has 0 saturated heterocycles. The summed E-state index contributed by atoms with van der Waals surface area (Å²) < 4.78 is 0. The number of hydrogen-bond donors (Lipinski definition) is 0. The lowest BCUT2D eigenvalue weighted by molar-refractivity contribution is -0.112. The molecular weight excluding hydrogens is 330 g/mol. The maximum Gasteiger partial charge on any atom is 0.282 e. The van der Waals surface area contributed by atoms with Crippen LogP contribution in [-0.2, 0) is 4.79 Å². The Hall–Kier alpha value is -3.28. The molecular formula is C20H17N3O3. The molecule has 0 spiro atoms. The Kier molecular flexibility index (Phi) is 3.68. The molecule has 0 radical (unpaired) electrons.